The Morgan fingerprint density at radius 2 is 1.41 bits per heavy atom. The van der Waals surface area contributed by atoms with Crippen molar-refractivity contribution in [2.45, 2.75) is 45.1 Å². The first-order valence-electron chi connectivity index (χ1n) is 12.1. The largest absolute Gasteiger partial charge is 0.273 e. The molecule has 0 unspecified atom stereocenters. The van der Waals surface area contributed by atoms with Crippen LogP contribution in [0.1, 0.15) is 75.2 Å². The van der Waals surface area contributed by atoms with Crippen LogP contribution in [0.25, 0.3) is 0 Å². The number of nitrogens with one attached hydrogen (secondary N) is 2. The van der Waals surface area contributed by atoms with Crippen molar-refractivity contribution < 1.29 is 19.2 Å². The van der Waals surface area contributed by atoms with Gasteiger partial charge in [-0.2, -0.15) is 0 Å². The highest BCUT2D eigenvalue weighted by molar-refractivity contribution is 6.21. The lowest BCUT2D eigenvalue weighted by atomic mass is 9.49. The molecule has 5 aliphatic rings. The van der Waals surface area contributed by atoms with Gasteiger partial charge >= 0.3 is 0 Å². The number of imide groups is 1. The second-order valence-corrected chi connectivity index (χ2v) is 10.5. The molecule has 4 aliphatic carbocycles. The SMILES string of the molecule is O=C(NNC(=O)C12CC3CC(CC(C3)C1)C2)c1cccc(CN2C(=O)c3ccccc3C2=O)c1. The molecule has 0 aromatic heterocycles. The zero-order valence-electron chi connectivity index (χ0n) is 18.9. The molecule has 0 radical (unpaired) electrons. The zero-order chi connectivity index (χ0) is 23.4. The molecule has 2 N–H and O–H groups in total. The van der Waals surface area contributed by atoms with Crippen molar-refractivity contribution in [3.63, 3.8) is 0 Å². The summed E-state index contributed by atoms with van der Waals surface area (Å²) >= 11 is 0. The zero-order valence-corrected chi connectivity index (χ0v) is 18.9. The van der Waals surface area contributed by atoms with E-state index in [0.717, 1.165) is 19.3 Å². The van der Waals surface area contributed by atoms with Gasteiger partial charge in [-0.05, 0) is 86.1 Å². The normalized spacial score (nSPS) is 28.7. The topological polar surface area (TPSA) is 95.6 Å². The molecule has 0 spiro atoms. The monoisotopic (exact) mass is 457 g/mol. The first-order chi connectivity index (χ1) is 16.4. The third kappa shape index (κ3) is 3.42. The average Bonchev–Trinajstić information content (AvgIpc) is 3.06. The van der Waals surface area contributed by atoms with Gasteiger partial charge in [0.15, 0.2) is 0 Å². The van der Waals surface area contributed by atoms with Crippen LogP contribution in [0.2, 0.25) is 0 Å². The lowest BCUT2D eigenvalue weighted by Gasteiger charge is -2.55. The third-order valence-corrected chi connectivity index (χ3v) is 8.22. The third-order valence-electron chi connectivity index (χ3n) is 8.22. The fraction of sp³-hybridized carbons (Fsp3) is 0.407. The number of amides is 4. The Balaban J connectivity index is 1.11. The number of carbonyl (C=O) groups is 4. The van der Waals surface area contributed by atoms with E-state index < -0.39 is 5.91 Å². The summed E-state index contributed by atoms with van der Waals surface area (Å²) in [7, 11) is 0. The molecule has 0 saturated heterocycles. The van der Waals surface area contributed by atoms with Gasteiger partial charge in [-0.15, -0.1) is 0 Å². The number of benzene rings is 2. The van der Waals surface area contributed by atoms with Gasteiger partial charge in [0, 0.05) is 5.56 Å². The van der Waals surface area contributed by atoms with Crippen LogP contribution in [0, 0.1) is 23.2 Å². The standard InChI is InChI=1S/C27H27N3O4/c31-23(28-29-26(34)27-12-17-8-18(13-27)10-19(9-17)14-27)20-5-3-4-16(11-20)15-30-24(32)21-6-1-2-7-22(21)25(30)33/h1-7,11,17-19H,8-10,12-15H2,(H,28,31)(H,29,34). The van der Waals surface area contributed by atoms with E-state index >= 15 is 0 Å². The van der Waals surface area contributed by atoms with E-state index in [4.69, 9.17) is 0 Å². The van der Waals surface area contributed by atoms with Gasteiger partial charge in [-0.3, -0.25) is 34.9 Å². The maximum atomic E-state index is 13.1. The molecule has 174 valence electrons. The predicted molar refractivity (Wildman–Crippen MR) is 123 cm³/mol. The average molecular weight is 458 g/mol. The predicted octanol–water partition coefficient (Wildman–Crippen LogP) is 3.46. The van der Waals surface area contributed by atoms with E-state index in [0.29, 0.717) is 40.0 Å². The van der Waals surface area contributed by atoms with Crippen molar-refractivity contribution >= 4 is 23.6 Å². The molecule has 34 heavy (non-hydrogen) atoms. The summed E-state index contributed by atoms with van der Waals surface area (Å²) in [4.78, 5) is 52.4. The second-order valence-electron chi connectivity index (χ2n) is 10.5. The van der Waals surface area contributed by atoms with Crippen molar-refractivity contribution in [2.75, 3.05) is 0 Å². The molecule has 7 heteroatoms. The minimum atomic E-state index is -0.415. The van der Waals surface area contributed by atoms with E-state index in [2.05, 4.69) is 10.9 Å². The maximum Gasteiger partial charge on any atom is 0.269 e. The Hall–Kier alpha value is -3.48. The summed E-state index contributed by atoms with van der Waals surface area (Å²) in [5, 5.41) is 0. The second kappa shape index (κ2) is 7.79. The minimum Gasteiger partial charge on any atom is -0.273 e. The number of hydrogen-bond acceptors (Lipinski definition) is 4. The van der Waals surface area contributed by atoms with Gasteiger partial charge in [-0.25, -0.2) is 0 Å². The summed E-state index contributed by atoms with van der Waals surface area (Å²) < 4.78 is 0. The molecule has 1 heterocycles. The summed E-state index contributed by atoms with van der Waals surface area (Å²) in [6.45, 7) is 0.0765. The van der Waals surface area contributed by atoms with E-state index in [1.54, 1.807) is 48.5 Å². The number of rotatable bonds is 4. The molecule has 4 bridgehead atoms. The van der Waals surface area contributed by atoms with Crippen molar-refractivity contribution in [1.29, 1.82) is 0 Å². The Labute approximate surface area is 197 Å². The first-order valence-corrected chi connectivity index (χ1v) is 12.1. The lowest BCUT2D eigenvalue weighted by Crippen LogP contribution is -2.56. The van der Waals surface area contributed by atoms with Crippen LogP contribution in [0.15, 0.2) is 48.5 Å². The van der Waals surface area contributed by atoms with Crippen molar-refractivity contribution in [3.8, 4) is 0 Å². The van der Waals surface area contributed by atoms with E-state index in [1.165, 1.54) is 24.2 Å². The van der Waals surface area contributed by atoms with Crippen LogP contribution in [0.5, 0.6) is 0 Å². The van der Waals surface area contributed by atoms with Crippen LogP contribution in [0.4, 0.5) is 0 Å². The van der Waals surface area contributed by atoms with Crippen LogP contribution < -0.4 is 10.9 Å². The fourth-order valence-electron chi connectivity index (χ4n) is 7.08. The number of fused-ring (bicyclic) bond motifs is 1. The molecule has 2 aromatic rings. The number of carbonyl (C=O) groups excluding carboxylic acids is 4. The highest BCUT2D eigenvalue weighted by Crippen LogP contribution is 2.60. The molecule has 4 saturated carbocycles. The highest BCUT2D eigenvalue weighted by atomic mass is 16.2. The molecular formula is C27H27N3O4. The molecule has 1 aliphatic heterocycles. The Morgan fingerprint density at radius 3 is 2.00 bits per heavy atom. The summed E-state index contributed by atoms with van der Waals surface area (Å²) in [6, 6.07) is 13.5. The van der Waals surface area contributed by atoms with Gasteiger partial charge < -0.3 is 0 Å². The van der Waals surface area contributed by atoms with Crippen molar-refractivity contribution in [1.82, 2.24) is 15.8 Å². The summed E-state index contributed by atoms with van der Waals surface area (Å²) in [5.41, 5.74) is 6.77. The molecule has 2 aromatic carbocycles. The minimum absolute atomic E-state index is 0.0675. The van der Waals surface area contributed by atoms with Gasteiger partial charge in [-0.1, -0.05) is 24.3 Å². The number of hydrogen-bond donors (Lipinski definition) is 2. The number of nitrogens with zero attached hydrogens (tertiary/aromatic N) is 1. The summed E-state index contributed by atoms with van der Waals surface area (Å²) in [6.07, 6.45) is 6.53. The molecule has 7 rings (SSSR count). The van der Waals surface area contributed by atoms with Crippen molar-refractivity contribution in [2.24, 2.45) is 23.2 Å². The Bertz CT molecular complexity index is 1150. The van der Waals surface area contributed by atoms with Gasteiger partial charge in [0.05, 0.1) is 23.1 Å². The van der Waals surface area contributed by atoms with E-state index in [1.807, 2.05) is 0 Å². The molecule has 7 nitrogen and oxygen atoms in total. The number of hydrazine groups is 1. The summed E-state index contributed by atoms with van der Waals surface area (Å²) in [5.74, 6) is 0.783. The maximum absolute atomic E-state index is 13.1. The molecule has 0 atom stereocenters. The van der Waals surface area contributed by atoms with Gasteiger partial charge in [0.25, 0.3) is 17.7 Å². The van der Waals surface area contributed by atoms with Crippen LogP contribution in [0.3, 0.4) is 0 Å². The van der Waals surface area contributed by atoms with Crippen LogP contribution >= 0.6 is 0 Å². The van der Waals surface area contributed by atoms with E-state index in [-0.39, 0.29) is 29.7 Å². The Morgan fingerprint density at radius 1 is 0.824 bits per heavy atom. The van der Waals surface area contributed by atoms with Crippen LogP contribution in [-0.4, -0.2) is 28.5 Å². The van der Waals surface area contributed by atoms with Crippen molar-refractivity contribution in [3.05, 3.63) is 70.8 Å². The quantitative estimate of drug-likeness (QED) is 0.543. The first kappa shape index (κ1) is 21.1. The Kier molecular flexibility index (Phi) is 4.83. The van der Waals surface area contributed by atoms with Crippen LogP contribution in [-0.2, 0) is 11.3 Å². The molecule has 4 fully saturated rings. The smallest absolute Gasteiger partial charge is 0.269 e. The van der Waals surface area contributed by atoms with E-state index in [9.17, 15) is 19.2 Å². The van der Waals surface area contributed by atoms with Gasteiger partial charge in [0.1, 0.15) is 0 Å². The van der Waals surface area contributed by atoms with Gasteiger partial charge in [0.2, 0.25) is 5.91 Å². The molecular weight excluding hydrogens is 430 g/mol. The lowest BCUT2D eigenvalue weighted by molar-refractivity contribution is -0.147. The fourth-order valence-corrected chi connectivity index (χ4v) is 7.08. The highest BCUT2D eigenvalue weighted by Gasteiger charge is 2.54. The molecule has 4 amide bonds.